The van der Waals surface area contributed by atoms with Gasteiger partial charge in [-0.1, -0.05) is 13.3 Å². The molecule has 5 heteroatoms. The summed E-state index contributed by atoms with van der Waals surface area (Å²) in [5, 5.41) is 0. The highest BCUT2D eigenvalue weighted by Gasteiger charge is 2.33. The fourth-order valence-electron chi connectivity index (χ4n) is 3.39. The van der Waals surface area contributed by atoms with Gasteiger partial charge < -0.3 is 14.2 Å². The Balaban J connectivity index is 1.96. The van der Waals surface area contributed by atoms with E-state index in [0.29, 0.717) is 6.04 Å². The van der Waals surface area contributed by atoms with Gasteiger partial charge in [-0.25, -0.2) is 4.98 Å². The third kappa shape index (κ3) is 4.28. The lowest BCUT2D eigenvalue weighted by Crippen LogP contribution is -2.35. The maximum atomic E-state index is 5.17. The third-order valence-corrected chi connectivity index (χ3v) is 4.51. The van der Waals surface area contributed by atoms with E-state index in [0.717, 1.165) is 38.0 Å². The van der Waals surface area contributed by atoms with Crippen LogP contribution in [0.3, 0.4) is 0 Å². The molecule has 1 aliphatic rings. The van der Waals surface area contributed by atoms with E-state index in [1.165, 1.54) is 19.4 Å². The summed E-state index contributed by atoms with van der Waals surface area (Å²) in [6.07, 6.45) is 6.54. The highest BCUT2D eigenvalue weighted by molar-refractivity contribution is 4.96. The molecule has 0 aliphatic carbocycles. The van der Waals surface area contributed by atoms with E-state index in [2.05, 4.69) is 46.6 Å². The van der Waals surface area contributed by atoms with Crippen LogP contribution in [0.2, 0.25) is 0 Å². The molecule has 0 radical (unpaired) electrons. The molecule has 0 N–H and O–H groups in total. The summed E-state index contributed by atoms with van der Waals surface area (Å²) in [5.41, 5.74) is 0. The second-order valence-corrected chi connectivity index (χ2v) is 6.30. The van der Waals surface area contributed by atoms with Crippen molar-refractivity contribution in [2.24, 2.45) is 5.92 Å². The fraction of sp³-hybridized carbons (Fsp3) is 0.812. The number of rotatable bonds is 8. The molecular weight excluding hydrogens is 264 g/mol. The lowest BCUT2D eigenvalue weighted by atomic mass is 9.98. The fourth-order valence-corrected chi connectivity index (χ4v) is 3.39. The second-order valence-electron chi connectivity index (χ2n) is 6.30. The molecule has 0 aromatic carbocycles. The lowest BCUT2D eigenvalue weighted by Gasteiger charge is -2.24. The Labute approximate surface area is 128 Å². The molecule has 0 bridgehead atoms. The van der Waals surface area contributed by atoms with Crippen LogP contribution in [-0.4, -0.2) is 66.3 Å². The third-order valence-electron chi connectivity index (χ3n) is 4.51. The van der Waals surface area contributed by atoms with Crippen LogP contribution in [0.25, 0.3) is 0 Å². The molecule has 0 unspecified atom stereocenters. The van der Waals surface area contributed by atoms with Crippen molar-refractivity contribution >= 4 is 0 Å². The van der Waals surface area contributed by atoms with Crippen molar-refractivity contribution in [3.63, 3.8) is 0 Å². The summed E-state index contributed by atoms with van der Waals surface area (Å²) in [6, 6.07) is 0.673. The van der Waals surface area contributed by atoms with E-state index in [9.17, 15) is 0 Å². The second kappa shape index (κ2) is 7.92. The van der Waals surface area contributed by atoms with Gasteiger partial charge in [-0.05, 0) is 26.4 Å². The molecule has 5 nitrogen and oxygen atoms in total. The molecular formula is C16H30N4O. The summed E-state index contributed by atoms with van der Waals surface area (Å²) in [5.74, 6) is 1.94. The normalized spacial score (nSPS) is 23.3. The van der Waals surface area contributed by atoms with Gasteiger partial charge in [0, 0.05) is 45.2 Å². The standard InChI is InChI=1S/C16H30N4O/c1-5-6-14-11-19(12-15(14)18(2)3)13-16-17-7-8-20(16)9-10-21-4/h7-8,14-15H,5-6,9-13H2,1-4H3/t14-,15-/m1/s1. The minimum atomic E-state index is 0.673. The number of likely N-dealkylation sites (tertiary alicyclic amines) is 1. The molecule has 1 aliphatic heterocycles. The Morgan fingerprint density at radius 2 is 2.19 bits per heavy atom. The minimum absolute atomic E-state index is 0.673. The van der Waals surface area contributed by atoms with Gasteiger partial charge in [0.2, 0.25) is 0 Å². The molecule has 1 aromatic heterocycles. The maximum Gasteiger partial charge on any atom is 0.122 e. The highest BCUT2D eigenvalue weighted by Crippen LogP contribution is 2.25. The van der Waals surface area contributed by atoms with E-state index in [1.807, 2.05) is 6.20 Å². The number of aromatic nitrogens is 2. The number of hydrogen-bond donors (Lipinski definition) is 0. The van der Waals surface area contributed by atoms with Crippen LogP contribution in [0.1, 0.15) is 25.6 Å². The molecule has 2 rings (SSSR count). The SMILES string of the molecule is CCC[C@@H]1CN(Cc2nccn2CCOC)C[C@H]1N(C)C. The summed E-state index contributed by atoms with van der Waals surface area (Å²) >= 11 is 0. The zero-order valence-corrected chi connectivity index (χ0v) is 14.0. The van der Waals surface area contributed by atoms with Crippen LogP contribution in [0.5, 0.6) is 0 Å². The van der Waals surface area contributed by atoms with Gasteiger partial charge in [0.15, 0.2) is 0 Å². The first-order valence-electron chi connectivity index (χ1n) is 8.03. The van der Waals surface area contributed by atoms with Gasteiger partial charge in [-0.15, -0.1) is 0 Å². The first kappa shape index (κ1) is 16.5. The van der Waals surface area contributed by atoms with E-state index < -0.39 is 0 Å². The van der Waals surface area contributed by atoms with Gasteiger partial charge in [-0.3, -0.25) is 4.90 Å². The molecule has 1 fully saturated rings. The van der Waals surface area contributed by atoms with Crippen molar-refractivity contribution in [2.75, 3.05) is 40.9 Å². The quantitative estimate of drug-likeness (QED) is 0.730. The highest BCUT2D eigenvalue weighted by atomic mass is 16.5. The zero-order chi connectivity index (χ0) is 15.2. The van der Waals surface area contributed by atoms with Crippen LogP contribution in [0.15, 0.2) is 12.4 Å². The summed E-state index contributed by atoms with van der Waals surface area (Å²) in [7, 11) is 6.15. The number of likely N-dealkylation sites (N-methyl/N-ethyl adjacent to an activating group) is 1. The van der Waals surface area contributed by atoms with E-state index >= 15 is 0 Å². The zero-order valence-electron chi connectivity index (χ0n) is 14.0. The number of hydrogen-bond acceptors (Lipinski definition) is 4. The van der Waals surface area contributed by atoms with Crippen LogP contribution >= 0.6 is 0 Å². The Morgan fingerprint density at radius 3 is 2.86 bits per heavy atom. The first-order chi connectivity index (χ1) is 10.2. The Kier molecular flexibility index (Phi) is 6.21. The monoisotopic (exact) mass is 294 g/mol. The van der Waals surface area contributed by atoms with Crippen LogP contribution in [-0.2, 0) is 17.8 Å². The molecule has 120 valence electrons. The van der Waals surface area contributed by atoms with Gasteiger partial charge in [-0.2, -0.15) is 0 Å². The van der Waals surface area contributed by atoms with E-state index in [4.69, 9.17) is 4.74 Å². The van der Waals surface area contributed by atoms with Gasteiger partial charge in [0.25, 0.3) is 0 Å². The number of methoxy groups -OCH3 is 1. The largest absolute Gasteiger partial charge is 0.383 e. The van der Waals surface area contributed by atoms with Crippen LogP contribution < -0.4 is 0 Å². The summed E-state index contributed by atoms with van der Waals surface area (Å²) < 4.78 is 7.38. The smallest absolute Gasteiger partial charge is 0.122 e. The molecule has 0 saturated carbocycles. The summed E-state index contributed by atoms with van der Waals surface area (Å²) in [4.78, 5) is 9.46. The molecule has 2 atom stereocenters. The van der Waals surface area contributed by atoms with Gasteiger partial charge in [0.1, 0.15) is 5.82 Å². The topological polar surface area (TPSA) is 33.5 Å². The first-order valence-corrected chi connectivity index (χ1v) is 8.03. The Bertz CT molecular complexity index is 418. The van der Waals surface area contributed by atoms with Crippen LogP contribution in [0.4, 0.5) is 0 Å². The van der Waals surface area contributed by atoms with Crippen molar-refractivity contribution < 1.29 is 4.74 Å². The predicted octanol–water partition coefficient (Wildman–Crippen LogP) is 1.69. The Morgan fingerprint density at radius 1 is 1.38 bits per heavy atom. The van der Waals surface area contributed by atoms with E-state index in [1.54, 1.807) is 7.11 Å². The molecule has 21 heavy (non-hydrogen) atoms. The molecule has 0 spiro atoms. The van der Waals surface area contributed by atoms with E-state index in [-0.39, 0.29) is 0 Å². The number of nitrogens with zero attached hydrogens (tertiary/aromatic N) is 4. The average Bonchev–Trinajstić information content (AvgIpc) is 3.04. The van der Waals surface area contributed by atoms with Crippen molar-refractivity contribution in [2.45, 2.75) is 38.9 Å². The maximum absolute atomic E-state index is 5.17. The summed E-state index contributed by atoms with van der Waals surface area (Å²) in [6.45, 7) is 7.19. The molecule has 1 aromatic rings. The van der Waals surface area contributed by atoms with Crippen molar-refractivity contribution in [1.82, 2.24) is 19.4 Å². The Hall–Kier alpha value is -0.910. The van der Waals surface area contributed by atoms with Gasteiger partial charge >= 0.3 is 0 Å². The number of imidazole rings is 1. The minimum Gasteiger partial charge on any atom is -0.383 e. The predicted molar refractivity (Wildman–Crippen MR) is 85.3 cm³/mol. The molecule has 0 amide bonds. The van der Waals surface area contributed by atoms with Crippen molar-refractivity contribution in [1.29, 1.82) is 0 Å². The van der Waals surface area contributed by atoms with Crippen LogP contribution in [0, 0.1) is 5.92 Å². The molecule has 1 saturated heterocycles. The number of ether oxygens (including phenoxy) is 1. The van der Waals surface area contributed by atoms with Crippen molar-refractivity contribution in [3.05, 3.63) is 18.2 Å². The van der Waals surface area contributed by atoms with Crippen molar-refractivity contribution in [3.8, 4) is 0 Å². The lowest BCUT2D eigenvalue weighted by molar-refractivity contribution is 0.184. The molecule has 2 heterocycles. The van der Waals surface area contributed by atoms with Gasteiger partial charge in [0.05, 0.1) is 13.2 Å². The average molecular weight is 294 g/mol.